The fourth-order valence-electron chi connectivity index (χ4n) is 7.69. The molecule has 0 heterocycles. The van der Waals surface area contributed by atoms with Crippen molar-refractivity contribution in [3.05, 3.63) is 24.3 Å². The standard InChI is InChI=1S/C55H101N3O7/c1-7-10-12-14-16-18-20-22-24-26-28-30-32-34-36-38-44-54(63)58-49(47-56-53(62)43-37-35-33-31-29-27-25-23-21-19-17-15-13-11-8-2)51(60)42-40-46-65-55(5,6)64-45-39-41-50(59)48(4)57-52(61)9-3/h23-26,48-49H,7-22,27-47H2,1-6H3,(H,56,62)(H,57,61)(H,58,63)/b25-23-,26-24-. The number of hydrogen-bond acceptors (Lipinski definition) is 7. The van der Waals surface area contributed by atoms with Crippen LogP contribution in [-0.2, 0) is 33.4 Å². The van der Waals surface area contributed by atoms with Gasteiger partial charge in [-0.3, -0.25) is 24.0 Å². The van der Waals surface area contributed by atoms with Gasteiger partial charge in [-0.2, -0.15) is 0 Å². The minimum atomic E-state index is -0.913. The van der Waals surface area contributed by atoms with Gasteiger partial charge < -0.3 is 25.4 Å². The third kappa shape index (κ3) is 42.3. The molecule has 2 unspecified atom stereocenters. The number of ether oxygens (including phenoxy) is 2. The summed E-state index contributed by atoms with van der Waals surface area (Å²) in [5.74, 6) is -1.49. The van der Waals surface area contributed by atoms with E-state index in [0.29, 0.717) is 38.7 Å². The van der Waals surface area contributed by atoms with Crippen molar-refractivity contribution in [1.29, 1.82) is 0 Å². The van der Waals surface area contributed by atoms with Gasteiger partial charge in [-0.1, -0.05) is 154 Å². The summed E-state index contributed by atoms with van der Waals surface area (Å²) in [6.45, 7) is 12.2. The number of nitrogens with one attached hydrogen (secondary N) is 3. The van der Waals surface area contributed by atoms with Gasteiger partial charge in [-0.05, 0) is 97.8 Å². The van der Waals surface area contributed by atoms with Crippen molar-refractivity contribution in [3.63, 3.8) is 0 Å². The Balaban J connectivity index is 4.67. The molecule has 0 aliphatic carbocycles. The van der Waals surface area contributed by atoms with E-state index in [4.69, 9.17) is 9.47 Å². The monoisotopic (exact) mass is 916 g/mol. The third-order valence-corrected chi connectivity index (χ3v) is 12.0. The number of hydrogen-bond donors (Lipinski definition) is 3. The van der Waals surface area contributed by atoms with Gasteiger partial charge in [0.15, 0.2) is 17.4 Å². The Bertz CT molecular complexity index is 1250. The Morgan fingerprint density at radius 3 is 1.26 bits per heavy atom. The molecule has 0 spiro atoms. The van der Waals surface area contributed by atoms with E-state index in [-0.39, 0.29) is 55.3 Å². The molecule has 10 nitrogen and oxygen atoms in total. The van der Waals surface area contributed by atoms with Crippen molar-refractivity contribution in [2.75, 3.05) is 19.8 Å². The fourth-order valence-corrected chi connectivity index (χ4v) is 7.69. The molecule has 10 heteroatoms. The second-order valence-corrected chi connectivity index (χ2v) is 18.8. The lowest BCUT2D eigenvalue weighted by atomic mass is 10.1. The summed E-state index contributed by atoms with van der Waals surface area (Å²) in [6, 6.07) is -1.32. The molecule has 0 saturated carbocycles. The molecule has 0 aliphatic heterocycles. The van der Waals surface area contributed by atoms with Crippen molar-refractivity contribution < 1.29 is 33.4 Å². The van der Waals surface area contributed by atoms with Crippen molar-refractivity contribution >= 4 is 29.3 Å². The lowest BCUT2D eigenvalue weighted by Gasteiger charge is -2.26. The molecule has 65 heavy (non-hydrogen) atoms. The molecule has 3 N–H and O–H groups in total. The summed E-state index contributed by atoms with van der Waals surface area (Å²) in [7, 11) is 0. The topological polar surface area (TPSA) is 140 Å². The minimum absolute atomic E-state index is 0.0450. The highest BCUT2D eigenvalue weighted by atomic mass is 16.7. The molecule has 3 amide bonds. The van der Waals surface area contributed by atoms with E-state index in [1.54, 1.807) is 27.7 Å². The second kappa shape index (κ2) is 45.0. The van der Waals surface area contributed by atoms with Crippen LogP contribution in [0, 0.1) is 0 Å². The van der Waals surface area contributed by atoms with Crippen LogP contribution in [0.2, 0.25) is 0 Å². The van der Waals surface area contributed by atoms with E-state index >= 15 is 0 Å². The van der Waals surface area contributed by atoms with Gasteiger partial charge in [0.25, 0.3) is 0 Å². The first-order valence-electron chi connectivity index (χ1n) is 26.9. The first-order chi connectivity index (χ1) is 31.4. The summed E-state index contributed by atoms with van der Waals surface area (Å²) >= 11 is 0. The highest BCUT2D eigenvalue weighted by Crippen LogP contribution is 2.15. The van der Waals surface area contributed by atoms with Gasteiger partial charge >= 0.3 is 0 Å². The molecule has 0 aromatic carbocycles. The van der Waals surface area contributed by atoms with E-state index < -0.39 is 17.9 Å². The van der Waals surface area contributed by atoms with Crippen LogP contribution in [-0.4, -0.2) is 66.9 Å². The van der Waals surface area contributed by atoms with Crippen LogP contribution in [0.25, 0.3) is 0 Å². The zero-order valence-electron chi connectivity index (χ0n) is 43.0. The number of carbonyl (C=O) groups excluding carboxylic acids is 5. The maximum Gasteiger partial charge on any atom is 0.220 e. The maximum atomic E-state index is 13.4. The number of amides is 3. The lowest BCUT2D eigenvalue weighted by molar-refractivity contribution is -0.214. The van der Waals surface area contributed by atoms with Gasteiger partial charge in [-0.25, -0.2) is 0 Å². The SMILES string of the molecule is CCCCCCCC/C=C\CCCCCCCC(=O)NCC(NC(=O)CCCCCCC/C=C\CCCCCCCCC)C(=O)CCCOC(C)(C)OCCCC(=O)C(C)NC(=O)CC. The molecule has 0 radical (unpaired) electrons. The third-order valence-electron chi connectivity index (χ3n) is 12.0. The quantitative estimate of drug-likeness (QED) is 0.0314. The number of unbranched alkanes of at least 4 members (excludes halogenated alkanes) is 23. The molecule has 0 aromatic heterocycles. The Morgan fingerprint density at radius 1 is 0.446 bits per heavy atom. The molecule has 0 aromatic rings. The summed E-state index contributed by atoms with van der Waals surface area (Å²) in [4.78, 5) is 63.2. The van der Waals surface area contributed by atoms with Gasteiger partial charge in [0.2, 0.25) is 17.7 Å². The van der Waals surface area contributed by atoms with Crippen LogP contribution in [0.3, 0.4) is 0 Å². The van der Waals surface area contributed by atoms with Crippen LogP contribution >= 0.6 is 0 Å². The minimum Gasteiger partial charge on any atom is -0.354 e. The number of carbonyl (C=O) groups is 5. The maximum absolute atomic E-state index is 13.4. The summed E-state index contributed by atoms with van der Waals surface area (Å²) in [5.41, 5.74) is 0. The number of rotatable bonds is 48. The van der Waals surface area contributed by atoms with Crippen molar-refractivity contribution in [2.45, 2.75) is 278 Å². The normalized spacial score (nSPS) is 12.8. The lowest BCUT2D eigenvalue weighted by Crippen LogP contribution is -2.48. The average molecular weight is 916 g/mol. The zero-order valence-corrected chi connectivity index (χ0v) is 43.0. The number of Topliss-reactive ketones (excluding diaryl/α,β-unsaturated/α-hetero) is 2. The smallest absolute Gasteiger partial charge is 0.220 e. The van der Waals surface area contributed by atoms with Crippen molar-refractivity contribution in [2.24, 2.45) is 0 Å². The van der Waals surface area contributed by atoms with Crippen LogP contribution in [0.5, 0.6) is 0 Å². The Labute approximate surface area is 399 Å². The summed E-state index contributed by atoms with van der Waals surface area (Å²) in [6.07, 6.45) is 44.3. The average Bonchev–Trinajstić information content (AvgIpc) is 3.28. The van der Waals surface area contributed by atoms with Gasteiger partial charge in [0.05, 0.1) is 19.3 Å². The van der Waals surface area contributed by atoms with Crippen molar-refractivity contribution in [1.82, 2.24) is 16.0 Å². The molecular formula is C55H101N3O7. The van der Waals surface area contributed by atoms with Gasteiger partial charge in [0, 0.05) is 38.6 Å². The van der Waals surface area contributed by atoms with Gasteiger partial charge in [-0.15, -0.1) is 0 Å². The molecular weight excluding hydrogens is 815 g/mol. The molecule has 0 fully saturated rings. The first-order valence-corrected chi connectivity index (χ1v) is 26.9. The summed E-state index contributed by atoms with van der Waals surface area (Å²) in [5, 5.41) is 8.55. The largest absolute Gasteiger partial charge is 0.354 e. The van der Waals surface area contributed by atoms with E-state index in [1.807, 2.05) is 0 Å². The zero-order chi connectivity index (χ0) is 48.1. The Hall–Kier alpha value is -2.85. The molecule has 0 saturated heterocycles. The van der Waals surface area contributed by atoms with E-state index in [1.165, 1.54) is 109 Å². The second-order valence-electron chi connectivity index (χ2n) is 18.8. The molecule has 0 rings (SSSR count). The predicted molar refractivity (Wildman–Crippen MR) is 271 cm³/mol. The predicted octanol–water partition coefficient (Wildman–Crippen LogP) is 13.4. The molecule has 2 atom stereocenters. The van der Waals surface area contributed by atoms with Crippen LogP contribution in [0.4, 0.5) is 0 Å². The van der Waals surface area contributed by atoms with Crippen LogP contribution in [0.1, 0.15) is 260 Å². The highest BCUT2D eigenvalue weighted by molar-refractivity contribution is 5.90. The van der Waals surface area contributed by atoms with E-state index in [2.05, 4.69) is 54.1 Å². The van der Waals surface area contributed by atoms with Crippen LogP contribution < -0.4 is 16.0 Å². The fraction of sp³-hybridized carbons (Fsp3) is 0.836. The highest BCUT2D eigenvalue weighted by Gasteiger charge is 2.23. The van der Waals surface area contributed by atoms with E-state index in [9.17, 15) is 24.0 Å². The Morgan fingerprint density at radius 2 is 0.831 bits per heavy atom. The molecule has 0 aliphatic rings. The van der Waals surface area contributed by atoms with Crippen LogP contribution in [0.15, 0.2) is 24.3 Å². The van der Waals surface area contributed by atoms with Crippen molar-refractivity contribution in [3.8, 4) is 0 Å². The molecule has 0 bridgehead atoms. The number of ketones is 2. The van der Waals surface area contributed by atoms with Gasteiger partial charge in [0.1, 0.15) is 6.04 Å². The van der Waals surface area contributed by atoms with E-state index in [0.717, 1.165) is 64.2 Å². The molecule has 378 valence electrons. The Kier molecular flexibility index (Phi) is 43.0. The summed E-state index contributed by atoms with van der Waals surface area (Å²) < 4.78 is 11.8. The number of allylic oxidation sites excluding steroid dienone is 4. The first kappa shape index (κ1) is 62.1.